The molecule has 0 bridgehead atoms. The van der Waals surface area contributed by atoms with Crippen LogP contribution in [0, 0.1) is 0 Å². The maximum absolute atomic E-state index is 12.4. The smallest absolute Gasteiger partial charge is 0.267 e. The van der Waals surface area contributed by atoms with Crippen LogP contribution in [-0.2, 0) is 11.3 Å². The Kier molecular flexibility index (Phi) is 6.95. The van der Waals surface area contributed by atoms with E-state index in [-0.39, 0.29) is 12.5 Å². The number of carbonyl (C=O) groups is 2. The van der Waals surface area contributed by atoms with Gasteiger partial charge in [0.05, 0.1) is 18.7 Å². The molecule has 0 aliphatic heterocycles. The van der Waals surface area contributed by atoms with Crippen molar-refractivity contribution in [2.45, 2.75) is 13.5 Å². The van der Waals surface area contributed by atoms with E-state index in [9.17, 15) is 9.59 Å². The van der Waals surface area contributed by atoms with Crippen LogP contribution < -0.4 is 15.5 Å². The van der Waals surface area contributed by atoms with Crippen molar-refractivity contribution in [1.29, 1.82) is 0 Å². The molecule has 2 aromatic carbocycles. The van der Waals surface area contributed by atoms with Gasteiger partial charge in [-0.1, -0.05) is 48.5 Å². The Morgan fingerprint density at radius 1 is 0.966 bits per heavy atom. The third kappa shape index (κ3) is 5.65. The molecule has 1 aromatic heterocycles. The Hall–Kier alpha value is -3.67. The minimum absolute atomic E-state index is 0.195. The van der Waals surface area contributed by atoms with E-state index >= 15 is 0 Å². The van der Waals surface area contributed by atoms with Gasteiger partial charge in [-0.2, -0.15) is 4.99 Å². The molecule has 0 aliphatic carbocycles. The zero-order chi connectivity index (χ0) is 20.5. The monoisotopic (exact) mass is 389 g/mol. The van der Waals surface area contributed by atoms with Crippen LogP contribution in [0.1, 0.15) is 22.8 Å². The first-order valence-corrected chi connectivity index (χ1v) is 9.44. The number of nitrogens with zero attached hydrogens (tertiary/aromatic N) is 2. The van der Waals surface area contributed by atoms with E-state index in [0.29, 0.717) is 30.0 Å². The summed E-state index contributed by atoms with van der Waals surface area (Å²) in [7, 11) is 0. The fraction of sp³-hybridized carbons (Fsp3) is 0.174. The highest BCUT2D eigenvalue weighted by Crippen LogP contribution is 2.17. The highest BCUT2D eigenvalue weighted by molar-refractivity contribution is 5.98. The Morgan fingerprint density at radius 2 is 1.69 bits per heavy atom. The topological polar surface area (TPSA) is 72.7 Å². The van der Waals surface area contributed by atoms with E-state index < -0.39 is 5.91 Å². The maximum atomic E-state index is 12.4. The van der Waals surface area contributed by atoms with Crippen LogP contribution in [0.15, 0.2) is 84.0 Å². The molecule has 3 rings (SSSR count). The van der Waals surface area contributed by atoms with Gasteiger partial charge in [-0.15, -0.1) is 0 Å². The highest BCUT2D eigenvalue weighted by atomic mass is 16.5. The van der Waals surface area contributed by atoms with Gasteiger partial charge in [-0.3, -0.25) is 9.59 Å². The maximum Gasteiger partial charge on any atom is 0.267 e. The van der Waals surface area contributed by atoms with Crippen LogP contribution in [0.5, 0.6) is 5.75 Å². The van der Waals surface area contributed by atoms with Gasteiger partial charge in [0.25, 0.3) is 11.8 Å². The number of carbonyl (C=O) groups excluding carboxylic acids is 2. The zero-order valence-corrected chi connectivity index (χ0v) is 16.2. The number of pyridine rings is 1. The first kappa shape index (κ1) is 20.1. The van der Waals surface area contributed by atoms with Crippen molar-refractivity contribution in [2.75, 3.05) is 13.2 Å². The summed E-state index contributed by atoms with van der Waals surface area (Å²) in [5.74, 6) is -0.316. The van der Waals surface area contributed by atoms with Crippen LogP contribution in [0.3, 0.4) is 0 Å². The summed E-state index contributed by atoms with van der Waals surface area (Å²) in [5.41, 5.74) is 2.03. The summed E-state index contributed by atoms with van der Waals surface area (Å²) in [5, 5.41) is 2.62. The van der Waals surface area contributed by atoms with E-state index in [1.165, 1.54) is 0 Å². The summed E-state index contributed by atoms with van der Waals surface area (Å²) in [4.78, 5) is 28.9. The lowest BCUT2D eigenvalue weighted by atomic mass is 10.2. The number of hydrogen-bond donors (Lipinski definition) is 1. The second kappa shape index (κ2) is 10.0. The van der Waals surface area contributed by atoms with Crippen molar-refractivity contribution in [3.05, 3.63) is 95.6 Å². The van der Waals surface area contributed by atoms with Gasteiger partial charge >= 0.3 is 0 Å². The number of ether oxygens (including phenoxy) is 1. The van der Waals surface area contributed by atoms with Crippen molar-refractivity contribution >= 4 is 11.8 Å². The first-order chi connectivity index (χ1) is 14.2. The molecule has 1 heterocycles. The van der Waals surface area contributed by atoms with Crippen molar-refractivity contribution in [2.24, 2.45) is 4.99 Å². The number of hydrogen-bond acceptors (Lipinski definition) is 3. The second-order valence-electron chi connectivity index (χ2n) is 6.29. The third-order valence-corrected chi connectivity index (χ3v) is 4.18. The quantitative estimate of drug-likeness (QED) is 0.675. The lowest BCUT2D eigenvalue weighted by Crippen LogP contribution is -2.31. The van der Waals surface area contributed by atoms with Gasteiger partial charge in [0.15, 0.2) is 0 Å². The fourth-order valence-corrected chi connectivity index (χ4v) is 2.84. The Balaban J connectivity index is 1.69. The molecule has 6 nitrogen and oxygen atoms in total. The number of para-hydroxylation sites is 1. The molecule has 0 saturated carbocycles. The average molecular weight is 389 g/mol. The molecule has 29 heavy (non-hydrogen) atoms. The van der Waals surface area contributed by atoms with Crippen molar-refractivity contribution in [1.82, 2.24) is 9.88 Å². The molecule has 1 N–H and O–H groups in total. The normalized spacial score (nSPS) is 11.1. The molecule has 0 aliphatic rings. The third-order valence-electron chi connectivity index (χ3n) is 4.18. The van der Waals surface area contributed by atoms with Gasteiger partial charge < -0.3 is 14.6 Å². The first-order valence-electron chi connectivity index (χ1n) is 9.44. The number of amides is 2. The number of aromatic nitrogens is 1. The predicted molar refractivity (Wildman–Crippen MR) is 110 cm³/mol. The number of nitrogens with one attached hydrogen (secondary N) is 1. The van der Waals surface area contributed by atoms with Gasteiger partial charge in [-0.05, 0) is 36.8 Å². The Bertz CT molecular complexity index is 1040. The van der Waals surface area contributed by atoms with E-state index in [2.05, 4.69) is 10.3 Å². The molecule has 0 atom stereocenters. The van der Waals surface area contributed by atoms with Crippen molar-refractivity contribution in [3.8, 4) is 5.75 Å². The van der Waals surface area contributed by atoms with Crippen LogP contribution in [0.4, 0.5) is 0 Å². The summed E-state index contributed by atoms with van der Waals surface area (Å²) < 4.78 is 7.35. The lowest BCUT2D eigenvalue weighted by molar-refractivity contribution is -0.117. The lowest BCUT2D eigenvalue weighted by Gasteiger charge is -2.10. The Morgan fingerprint density at radius 3 is 2.48 bits per heavy atom. The summed E-state index contributed by atoms with van der Waals surface area (Å²) in [6.45, 7) is 2.71. The molecule has 0 saturated heterocycles. The van der Waals surface area contributed by atoms with Crippen molar-refractivity contribution in [3.63, 3.8) is 0 Å². The molecular weight excluding hydrogens is 366 g/mol. The molecule has 0 fully saturated rings. The van der Waals surface area contributed by atoms with Gasteiger partial charge in [0.1, 0.15) is 11.2 Å². The fourth-order valence-electron chi connectivity index (χ4n) is 2.84. The van der Waals surface area contributed by atoms with Gasteiger partial charge in [0, 0.05) is 12.7 Å². The largest absolute Gasteiger partial charge is 0.493 e. The predicted octanol–water partition coefficient (Wildman–Crippen LogP) is 2.79. The highest BCUT2D eigenvalue weighted by Gasteiger charge is 2.12. The summed E-state index contributed by atoms with van der Waals surface area (Å²) >= 11 is 0. The molecule has 148 valence electrons. The zero-order valence-electron chi connectivity index (χ0n) is 16.2. The molecular formula is C23H23N3O3. The van der Waals surface area contributed by atoms with Gasteiger partial charge in [0.2, 0.25) is 0 Å². The number of benzene rings is 2. The van der Waals surface area contributed by atoms with Crippen LogP contribution >= 0.6 is 0 Å². The minimum Gasteiger partial charge on any atom is -0.493 e. The van der Waals surface area contributed by atoms with Gasteiger partial charge in [-0.25, -0.2) is 0 Å². The standard InChI is InChI=1S/C23H23N3O3/c1-2-29-20-13-7-6-12-19(20)23(28)24-16-22(27)25-21-14-8-9-15-26(21)17-18-10-4-3-5-11-18/h3-15H,2,16-17H2,1H3,(H,24,28). The average Bonchev–Trinajstić information content (AvgIpc) is 2.75. The van der Waals surface area contributed by atoms with Crippen molar-refractivity contribution < 1.29 is 14.3 Å². The molecule has 0 unspecified atom stereocenters. The summed E-state index contributed by atoms with van der Waals surface area (Å²) in [6.07, 6.45) is 1.87. The van der Waals surface area contributed by atoms with E-state index in [4.69, 9.17) is 4.74 Å². The molecule has 0 spiro atoms. The van der Waals surface area contributed by atoms with Crippen LogP contribution in [0.2, 0.25) is 0 Å². The SMILES string of the molecule is CCOc1ccccc1C(=O)NCC(=O)N=c1ccccn1Cc1ccccc1. The van der Waals surface area contributed by atoms with Crippen LogP contribution in [0.25, 0.3) is 0 Å². The molecule has 6 heteroatoms. The minimum atomic E-state index is -0.430. The molecule has 0 radical (unpaired) electrons. The number of rotatable bonds is 7. The second-order valence-corrected chi connectivity index (χ2v) is 6.29. The Labute approximate surface area is 169 Å². The van der Waals surface area contributed by atoms with E-state index in [1.807, 2.05) is 60.2 Å². The van der Waals surface area contributed by atoms with Crippen LogP contribution in [-0.4, -0.2) is 29.5 Å². The molecule has 3 aromatic rings. The summed E-state index contributed by atoms with van der Waals surface area (Å²) in [6, 6.07) is 22.3. The van der Waals surface area contributed by atoms with E-state index in [1.54, 1.807) is 30.3 Å². The molecule has 2 amide bonds. The van der Waals surface area contributed by atoms with E-state index in [0.717, 1.165) is 5.56 Å².